The summed E-state index contributed by atoms with van der Waals surface area (Å²) in [5, 5.41) is 0.467. The number of rotatable bonds is 1. The number of carbonyl (C=O) groups excluding carboxylic acids is 1. The van der Waals surface area contributed by atoms with Crippen LogP contribution in [0, 0.1) is 18.7 Å². The molecule has 0 saturated heterocycles. The quantitative estimate of drug-likeness (QED) is 0.795. The lowest BCUT2D eigenvalue weighted by Gasteiger charge is -2.34. The Labute approximate surface area is 145 Å². The van der Waals surface area contributed by atoms with Crippen LogP contribution in [0.2, 0.25) is 5.02 Å². The summed E-state index contributed by atoms with van der Waals surface area (Å²) in [4.78, 5) is 19.1. The summed E-state index contributed by atoms with van der Waals surface area (Å²) < 4.78 is 15.8. The number of fused-ring (bicyclic) bond motifs is 2. The maximum atomic E-state index is 13.6. The van der Waals surface area contributed by atoms with E-state index in [0.29, 0.717) is 24.5 Å². The number of nitrogens with zero attached hydrogens (tertiary/aromatic N) is 3. The number of aromatic nitrogens is 2. The van der Waals surface area contributed by atoms with Gasteiger partial charge in [0.15, 0.2) is 0 Å². The fourth-order valence-corrected chi connectivity index (χ4v) is 4.21. The third-order valence-electron chi connectivity index (χ3n) is 5.20. The van der Waals surface area contributed by atoms with E-state index in [1.807, 2.05) is 18.0 Å². The molecule has 3 heterocycles. The smallest absolute Gasteiger partial charge is 0.226 e. The Morgan fingerprint density at radius 2 is 2.21 bits per heavy atom. The predicted molar refractivity (Wildman–Crippen MR) is 89.3 cm³/mol. The second-order valence-electron chi connectivity index (χ2n) is 6.67. The van der Waals surface area contributed by atoms with Crippen LogP contribution >= 0.6 is 11.6 Å². The zero-order valence-corrected chi connectivity index (χ0v) is 14.3. The van der Waals surface area contributed by atoms with Crippen LogP contribution in [0.15, 0.2) is 18.3 Å². The van der Waals surface area contributed by atoms with Crippen molar-refractivity contribution in [2.45, 2.75) is 39.3 Å². The van der Waals surface area contributed by atoms with Gasteiger partial charge in [0.25, 0.3) is 0 Å². The lowest BCUT2D eigenvalue weighted by atomic mass is 9.92. The van der Waals surface area contributed by atoms with E-state index in [9.17, 15) is 9.18 Å². The largest absolute Gasteiger partial charge is 0.338 e. The van der Waals surface area contributed by atoms with Gasteiger partial charge in [0.2, 0.25) is 5.91 Å². The zero-order chi connectivity index (χ0) is 16.8. The molecule has 2 aliphatic heterocycles. The van der Waals surface area contributed by atoms with E-state index in [0.717, 1.165) is 42.0 Å². The van der Waals surface area contributed by atoms with Gasteiger partial charge in [-0.3, -0.25) is 4.79 Å². The summed E-state index contributed by atoms with van der Waals surface area (Å²) in [6.07, 6.45) is 4.11. The third kappa shape index (κ3) is 2.61. The molecule has 1 unspecified atom stereocenters. The van der Waals surface area contributed by atoms with E-state index >= 15 is 0 Å². The van der Waals surface area contributed by atoms with Gasteiger partial charge in [0.05, 0.1) is 0 Å². The average molecular weight is 348 g/mol. The Hall–Kier alpha value is -1.88. The van der Waals surface area contributed by atoms with Crippen LogP contribution in [0.25, 0.3) is 0 Å². The summed E-state index contributed by atoms with van der Waals surface area (Å²) >= 11 is 6.13. The number of benzene rings is 1. The Morgan fingerprint density at radius 3 is 3.04 bits per heavy atom. The van der Waals surface area contributed by atoms with Gasteiger partial charge in [-0.05, 0) is 43.0 Å². The van der Waals surface area contributed by atoms with Crippen molar-refractivity contribution < 1.29 is 9.18 Å². The minimum absolute atomic E-state index is 0.0146. The third-order valence-corrected chi connectivity index (χ3v) is 5.54. The van der Waals surface area contributed by atoms with Crippen LogP contribution in [-0.4, -0.2) is 26.9 Å². The number of amides is 1. The molecule has 0 spiro atoms. The van der Waals surface area contributed by atoms with E-state index in [2.05, 4.69) is 9.55 Å². The van der Waals surface area contributed by atoms with E-state index < -0.39 is 0 Å². The second-order valence-corrected chi connectivity index (χ2v) is 7.08. The first-order valence-electron chi connectivity index (χ1n) is 8.29. The monoisotopic (exact) mass is 347 g/mol. The molecule has 0 bridgehead atoms. The Kier molecular flexibility index (Phi) is 3.83. The molecule has 24 heavy (non-hydrogen) atoms. The maximum absolute atomic E-state index is 13.6. The molecule has 4 rings (SSSR count). The first-order valence-corrected chi connectivity index (χ1v) is 8.67. The highest BCUT2D eigenvalue weighted by atomic mass is 35.5. The van der Waals surface area contributed by atoms with Crippen molar-refractivity contribution in [3.63, 3.8) is 0 Å². The lowest BCUT2D eigenvalue weighted by molar-refractivity contribution is -0.137. The zero-order valence-electron chi connectivity index (χ0n) is 13.6. The van der Waals surface area contributed by atoms with Crippen molar-refractivity contribution in [3.05, 3.63) is 51.8 Å². The van der Waals surface area contributed by atoms with Crippen molar-refractivity contribution >= 4 is 17.5 Å². The van der Waals surface area contributed by atoms with E-state index in [4.69, 9.17) is 11.6 Å². The number of hydrogen-bond acceptors (Lipinski definition) is 2. The molecule has 1 aromatic carbocycles. The minimum Gasteiger partial charge on any atom is -0.338 e. The molecule has 1 aromatic heterocycles. The number of aryl methyl sites for hydroxylation is 1. The van der Waals surface area contributed by atoms with Gasteiger partial charge < -0.3 is 9.47 Å². The standard InChI is InChI=1S/C18H19ClFN3O/c1-11-21-9-15-7-12(2-5-23(11)15)18(24)22-4-3-16-13(10-22)6-14(20)8-17(16)19/h6,8-9,12H,2-5,7,10H2,1H3. The molecule has 0 fully saturated rings. The summed E-state index contributed by atoms with van der Waals surface area (Å²) in [6.45, 7) is 3.92. The van der Waals surface area contributed by atoms with Gasteiger partial charge in [-0.15, -0.1) is 0 Å². The van der Waals surface area contributed by atoms with Gasteiger partial charge in [0, 0.05) is 48.9 Å². The van der Waals surface area contributed by atoms with Gasteiger partial charge in [-0.1, -0.05) is 11.6 Å². The van der Waals surface area contributed by atoms with Crippen LogP contribution in [0.3, 0.4) is 0 Å². The van der Waals surface area contributed by atoms with Gasteiger partial charge in [-0.2, -0.15) is 0 Å². The van der Waals surface area contributed by atoms with Crippen molar-refractivity contribution in [2.24, 2.45) is 5.92 Å². The van der Waals surface area contributed by atoms with Crippen molar-refractivity contribution in [1.29, 1.82) is 0 Å². The molecule has 126 valence electrons. The highest BCUT2D eigenvalue weighted by molar-refractivity contribution is 6.31. The maximum Gasteiger partial charge on any atom is 0.226 e. The molecule has 4 nitrogen and oxygen atoms in total. The molecule has 0 aliphatic carbocycles. The molecule has 0 N–H and O–H groups in total. The van der Waals surface area contributed by atoms with E-state index in [1.165, 1.54) is 12.1 Å². The van der Waals surface area contributed by atoms with Crippen LogP contribution in [0.5, 0.6) is 0 Å². The van der Waals surface area contributed by atoms with Gasteiger partial charge >= 0.3 is 0 Å². The van der Waals surface area contributed by atoms with Crippen molar-refractivity contribution in [1.82, 2.24) is 14.5 Å². The van der Waals surface area contributed by atoms with Crippen molar-refractivity contribution in [2.75, 3.05) is 6.54 Å². The Morgan fingerprint density at radius 1 is 1.38 bits per heavy atom. The molecule has 1 amide bonds. The summed E-state index contributed by atoms with van der Waals surface area (Å²) in [5.41, 5.74) is 2.93. The number of halogens is 2. The molecule has 0 saturated carbocycles. The lowest BCUT2D eigenvalue weighted by Crippen LogP contribution is -2.42. The van der Waals surface area contributed by atoms with Gasteiger partial charge in [0.1, 0.15) is 11.6 Å². The number of imidazole rings is 1. The van der Waals surface area contributed by atoms with Crippen LogP contribution < -0.4 is 0 Å². The first-order chi connectivity index (χ1) is 11.5. The predicted octanol–water partition coefficient (Wildman–Crippen LogP) is 3.13. The van der Waals surface area contributed by atoms with Crippen LogP contribution in [0.1, 0.15) is 29.1 Å². The summed E-state index contributed by atoms with van der Waals surface area (Å²) in [6, 6.07) is 2.85. The minimum atomic E-state index is -0.343. The van der Waals surface area contributed by atoms with Crippen LogP contribution in [0.4, 0.5) is 4.39 Å². The number of carbonyl (C=O) groups is 1. The highest BCUT2D eigenvalue weighted by Crippen LogP contribution is 2.30. The molecule has 2 aliphatic rings. The Balaban J connectivity index is 1.52. The van der Waals surface area contributed by atoms with E-state index in [1.54, 1.807) is 0 Å². The summed E-state index contributed by atoms with van der Waals surface area (Å²) in [7, 11) is 0. The van der Waals surface area contributed by atoms with Gasteiger partial charge in [-0.25, -0.2) is 9.37 Å². The molecule has 1 atom stereocenters. The Bertz CT molecular complexity index is 817. The SMILES string of the molecule is Cc1ncc2n1CCC(C(=O)N1CCc3c(Cl)cc(F)cc3C1)C2. The molecular formula is C18H19ClFN3O. The fraction of sp³-hybridized carbons (Fsp3) is 0.444. The average Bonchev–Trinajstić information content (AvgIpc) is 2.94. The normalized spacial score (nSPS) is 19.8. The van der Waals surface area contributed by atoms with E-state index in [-0.39, 0.29) is 17.6 Å². The second kappa shape index (κ2) is 5.88. The first kappa shape index (κ1) is 15.6. The highest BCUT2D eigenvalue weighted by Gasteiger charge is 2.31. The molecular weight excluding hydrogens is 329 g/mol. The topological polar surface area (TPSA) is 38.1 Å². The fourth-order valence-electron chi connectivity index (χ4n) is 3.89. The van der Waals surface area contributed by atoms with Crippen molar-refractivity contribution in [3.8, 4) is 0 Å². The molecule has 2 aromatic rings. The summed E-state index contributed by atoms with van der Waals surface area (Å²) in [5.74, 6) is 0.809. The van der Waals surface area contributed by atoms with Crippen LogP contribution in [-0.2, 0) is 30.7 Å². The number of hydrogen-bond donors (Lipinski definition) is 0. The molecule has 0 radical (unpaired) electrons. The molecule has 6 heteroatoms.